The van der Waals surface area contributed by atoms with Crippen LogP contribution in [0.4, 0.5) is 0 Å². The van der Waals surface area contributed by atoms with Crippen LogP contribution in [0.2, 0.25) is 0 Å². The van der Waals surface area contributed by atoms with Crippen molar-refractivity contribution in [2.45, 2.75) is 38.5 Å². The molecule has 2 aromatic rings. The molecule has 4 heterocycles. The lowest BCUT2D eigenvalue weighted by Gasteiger charge is -2.24. The van der Waals surface area contributed by atoms with Gasteiger partial charge in [-0.25, -0.2) is 0 Å². The monoisotopic (exact) mass is 464 g/mol. The molecule has 4 nitrogen and oxygen atoms in total. The molecule has 32 heavy (non-hydrogen) atoms. The Balaban J connectivity index is 1.77. The molecule has 2 amide bonds. The Hall–Kier alpha value is -2.70. The average molecular weight is 465 g/mol. The Morgan fingerprint density at radius 1 is 0.719 bits per heavy atom. The summed E-state index contributed by atoms with van der Waals surface area (Å²) in [6, 6.07) is 7.96. The van der Waals surface area contributed by atoms with Crippen LogP contribution in [-0.4, -0.2) is 34.7 Å². The summed E-state index contributed by atoms with van der Waals surface area (Å²) < 4.78 is 0. The summed E-state index contributed by atoms with van der Waals surface area (Å²) in [5.41, 5.74) is 2.72. The molecular weight excluding hydrogens is 436 g/mol. The smallest absolute Gasteiger partial charge is 0.261 e. The van der Waals surface area contributed by atoms with Crippen molar-refractivity contribution in [1.82, 2.24) is 9.80 Å². The minimum Gasteiger partial charge on any atom is -0.306 e. The second-order valence-corrected chi connectivity index (χ2v) is 9.78. The molecule has 4 rings (SSSR count). The Morgan fingerprint density at radius 2 is 1.16 bits per heavy atom. The van der Waals surface area contributed by atoms with Crippen LogP contribution >= 0.6 is 22.7 Å². The van der Waals surface area contributed by atoms with Gasteiger partial charge in [-0.1, -0.05) is 24.3 Å². The highest BCUT2D eigenvalue weighted by Crippen LogP contribution is 2.48. The van der Waals surface area contributed by atoms with E-state index in [0.29, 0.717) is 24.2 Å². The van der Waals surface area contributed by atoms with Gasteiger partial charge in [-0.15, -0.1) is 35.8 Å². The van der Waals surface area contributed by atoms with Crippen LogP contribution < -0.4 is 0 Å². The predicted molar refractivity (Wildman–Crippen MR) is 134 cm³/mol. The topological polar surface area (TPSA) is 40.6 Å². The number of hydrogen-bond acceptors (Lipinski definition) is 4. The first-order valence-electron chi connectivity index (χ1n) is 11.1. The standard InChI is InChI=1S/C26H28N2O2S2/c1-3-5-7-9-15-27-23(19-13-11-17-31-19)21-22(25(27)29)24(20-14-12-18-32-20)28(26(21)30)16-10-8-6-4-2/h3-4,11-14,17-18H,1-2,5-10,15-16H2. The average Bonchev–Trinajstić information content (AvgIpc) is 3.58. The van der Waals surface area contributed by atoms with Gasteiger partial charge in [0.15, 0.2) is 0 Å². The minimum absolute atomic E-state index is 0.0488. The van der Waals surface area contributed by atoms with E-state index in [4.69, 9.17) is 0 Å². The third-order valence-corrected chi connectivity index (χ3v) is 7.52. The van der Waals surface area contributed by atoms with Crippen LogP contribution in [0.3, 0.4) is 0 Å². The van der Waals surface area contributed by atoms with Gasteiger partial charge < -0.3 is 9.80 Å². The van der Waals surface area contributed by atoms with E-state index in [0.717, 1.165) is 59.7 Å². The summed E-state index contributed by atoms with van der Waals surface area (Å²) in [6.07, 6.45) is 9.36. The van der Waals surface area contributed by atoms with Crippen LogP contribution in [0.5, 0.6) is 0 Å². The molecule has 0 aromatic carbocycles. The largest absolute Gasteiger partial charge is 0.306 e. The summed E-state index contributed by atoms with van der Waals surface area (Å²) >= 11 is 3.15. The van der Waals surface area contributed by atoms with E-state index in [9.17, 15) is 9.59 Å². The van der Waals surface area contributed by atoms with Gasteiger partial charge in [-0.3, -0.25) is 9.59 Å². The van der Waals surface area contributed by atoms with Crippen LogP contribution in [0, 0.1) is 0 Å². The van der Waals surface area contributed by atoms with Crippen molar-refractivity contribution in [2.24, 2.45) is 0 Å². The lowest BCUT2D eigenvalue weighted by molar-refractivity contribution is -0.124. The number of amides is 2. The molecule has 0 saturated heterocycles. The number of unbranched alkanes of at least 4 members (excludes halogenated alkanes) is 4. The van der Waals surface area contributed by atoms with Crippen LogP contribution in [0.25, 0.3) is 11.4 Å². The first-order chi connectivity index (χ1) is 15.7. The van der Waals surface area contributed by atoms with E-state index in [2.05, 4.69) is 13.2 Å². The number of nitrogens with zero attached hydrogens (tertiary/aromatic N) is 2. The highest BCUT2D eigenvalue weighted by atomic mass is 32.1. The Bertz CT molecular complexity index is 975. The maximum atomic E-state index is 13.8. The lowest BCUT2D eigenvalue weighted by atomic mass is 10.1. The van der Waals surface area contributed by atoms with Crippen molar-refractivity contribution in [2.75, 3.05) is 13.1 Å². The molecule has 2 aliphatic heterocycles. The van der Waals surface area contributed by atoms with Crippen molar-refractivity contribution in [1.29, 1.82) is 0 Å². The van der Waals surface area contributed by atoms with Gasteiger partial charge >= 0.3 is 0 Å². The molecule has 0 radical (unpaired) electrons. The van der Waals surface area contributed by atoms with E-state index >= 15 is 0 Å². The number of fused-ring (bicyclic) bond motifs is 1. The SMILES string of the molecule is C=CCCCCN1C(=O)C2=C(c3cccs3)N(CCCCC=C)C(=O)C2=C1c1cccs1. The molecular formula is C26H28N2O2S2. The van der Waals surface area contributed by atoms with Gasteiger partial charge in [-0.05, 0) is 61.4 Å². The first-order valence-corrected chi connectivity index (χ1v) is 12.9. The molecule has 0 saturated carbocycles. The zero-order valence-corrected chi connectivity index (χ0v) is 19.9. The quantitative estimate of drug-likeness (QED) is 0.272. The molecule has 0 spiro atoms. The zero-order valence-electron chi connectivity index (χ0n) is 18.2. The van der Waals surface area contributed by atoms with Crippen molar-refractivity contribution < 1.29 is 9.59 Å². The number of hydrogen-bond donors (Lipinski definition) is 0. The molecule has 0 atom stereocenters. The van der Waals surface area contributed by atoms with Crippen molar-refractivity contribution in [3.8, 4) is 0 Å². The maximum Gasteiger partial charge on any atom is 0.261 e. The molecule has 0 fully saturated rings. The number of carbonyl (C=O) groups excluding carboxylic acids is 2. The summed E-state index contributed by atoms with van der Waals surface area (Å²) in [5.74, 6) is -0.0975. The molecule has 2 aromatic heterocycles. The van der Waals surface area contributed by atoms with Crippen LogP contribution in [0.1, 0.15) is 48.3 Å². The van der Waals surface area contributed by atoms with E-state index < -0.39 is 0 Å². The molecule has 0 N–H and O–H groups in total. The first kappa shape index (κ1) is 22.5. The number of carbonyl (C=O) groups is 2. The molecule has 0 bridgehead atoms. The van der Waals surface area contributed by atoms with Crippen LogP contribution in [-0.2, 0) is 9.59 Å². The van der Waals surface area contributed by atoms with Gasteiger partial charge in [0.05, 0.1) is 32.3 Å². The summed E-state index contributed by atoms with van der Waals surface area (Å²) in [5, 5.41) is 4.00. The number of rotatable bonds is 12. The Labute approximate surface area is 197 Å². The van der Waals surface area contributed by atoms with E-state index in [1.165, 1.54) is 0 Å². The normalized spacial score (nSPS) is 15.9. The van der Waals surface area contributed by atoms with Gasteiger partial charge in [-0.2, -0.15) is 0 Å². The molecule has 2 aliphatic rings. The molecule has 0 unspecified atom stereocenters. The zero-order chi connectivity index (χ0) is 22.5. The van der Waals surface area contributed by atoms with Crippen molar-refractivity contribution >= 4 is 45.9 Å². The summed E-state index contributed by atoms with van der Waals surface area (Å²) in [6.45, 7) is 8.80. The molecule has 0 aliphatic carbocycles. The molecule has 6 heteroatoms. The minimum atomic E-state index is -0.0488. The van der Waals surface area contributed by atoms with Crippen molar-refractivity contribution in [3.05, 3.63) is 81.2 Å². The second kappa shape index (κ2) is 10.3. The second-order valence-electron chi connectivity index (χ2n) is 7.88. The summed E-state index contributed by atoms with van der Waals surface area (Å²) in [4.78, 5) is 33.1. The van der Waals surface area contributed by atoms with Gasteiger partial charge in [0.1, 0.15) is 0 Å². The van der Waals surface area contributed by atoms with Gasteiger partial charge in [0.25, 0.3) is 11.8 Å². The fourth-order valence-electron chi connectivity index (χ4n) is 4.28. The highest BCUT2D eigenvalue weighted by Gasteiger charge is 2.48. The van der Waals surface area contributed by atoms with E-state index in [-0.39, 0.29) is 11.8 Å². The van der Waals surface area contributed by atoms with E-state index in [1.54, 1.807) is 22.7 Å². The lowest BCUT2D eigenvalue weighted by Crippen LogP contribution is -2.30. The third-order valence-electron chi connectivity index (χ3n) is 5.77. The van der Waals surface area contributed by atoms with Crippen molar-refractivity contribution in [3.63, 3.8) is 0 Å². The summed E-state index contributed by atoms with van der Waals surface area (Å²) in [7, 11) is 0. The molecule has 166 valence electrons. The third kappa shape index (κ3) is 4.17. The maximum absolute atomic E-state index is 13.8. The predicted octanol–water partition coefficient (Wildman–Crippen LogP) is 6.33. The fraction of sp³-hybridized carbons (Fsp3) is 0.308. The van der Waals surface area contributed by atoms with Crippen LogP contribution in [0.15, 0.2) is 71.5 Å². The Kier molecular flexibility index (Phi) is 7.22. The van der Waals surface area contributed by atoms with Gasteiger partial charge in [0, 0.05) is 13.1 Å². The highest BCUT2D eigenvalue weighted by molar-refractivity contribution is 7.11. The van der Waals surface area contributed by atoms with Gasteiger partial charge in [0.2, 0.25) is 0 Å². The van der Waals surface area contributed by atoms with E-state index in [1.807, 2.05) is 57.0 Å². The number of thiophene rings is 2. The number of allylic oxidation sites excluding steroid dienone is 2. The fourth-order valence-corrected chi connectivity index (χ4v) is 5.85. The Morgan fingerprint density at radius 3 is 1.50 bits per heavy atom.